The second-order valence-electron chi connectivity index (χ2n) is 5.19. The van der Waals surface area contributed by atoms with E-state index in [0.717, 1.165) is 0 Å². The maximum Gasteiger partial charge on any atom is 0.291 e. The summed E-state index contributed by atoms with van der Waals surface area (Å²) in [6.45, 7) is 2.15. The van der Waals surface area contributed by atoms with E-state index >= 15 is 0 Å². The van der Waals surface area contributed by atoms with Gasteiger partial charge in [0.15, 0.2) is 5.76 Å². The van der Waals surface area contributed by atoms with Gasteiger partial charge in [-0.2, -0.15) is 0 Å². The van der Waals surface area contributed by atoms with Crippen LogP contribution in [0.2, 0.25) is 0 Å². The quantitative estimate of drug-likeness (QED) is 0.767. The van der Waals surface area contributed by atoms with Gasteiger partial charge in [0, 0.05) is 13.1 Å². The highest BCUT2D eigenvalue weighted by Crippen LogP contribution is 2.24. The summed E-state index contributed by atoms with van der Waals surface area (Å²) in [6.07, 6.45) is 1.43. The van der Waals surface area contributed by atoms with Crippen molar-refractivity contribution in [3.8, 4) is 0 Å². The Hall–Kier alpha value is -2.87. The van der Waals surface area contributed by atoms with Crippen molar-refractivity contribution in [1.29, 1.82) is 0 Å². The van der Waals surface area contributed by atoms with E-state index in [1.165, 1.54) is 17.6 Å². The first-order valence-corrected chi connectivity index (χ1v) is 7.97. The molecule has 0 spiro atoms. The number of furan rings is 1. The van der Waals surface area contributed by atoms with Crippen LogP contribution in [-0.2, 0) is 6.54 Å². The molecule has 0 fully saturated rings. The van der Waals surface area contributed by atoms with Crippen molar-refractivity contribution < 1.29 is 18.5 Å². The number of thiophene rings is 1. The van der Waals surface area contributed by atoms with Crippen molar-refractivity contribution in [2.24, 2.45) is 0 Å². The number of amides is 2. The van der Waals surface area contributed by atoms with Gasteiger partial charge in [-0.15, -0.1) is 11.3 Å². The van der Waals surface area contributed by atoms with E-state index in [1.807, 2.05) is 0 Å². The van der Waals surface area contributed by atoms with Gasteiger partial charge in [-0.25, -0.2) is 0 Å². The van der Waals surface area contributed by atoms with Gasteiger partial charge in [0.2, 0.25) is 0 Å². The minimum absolute atomic E-state index is 0.154. The number of rotatable bonds is 5. The zero-order valence-electron chi connectivity index (χ0n) is 13.1. The van der Waals surface area contributed by atoms with Crippen LogP contribution >= 0.6 is 11.3 Å². The van der Waals surface area contributed by atoms with E-state index in [1.54, 1.807) is 49.2 Å². The van der Waals surface area contributed by atoms with Crippen molar-refractivity contribution in [3.63, 3.8) is 0 Å². The molecule has 7 nitrogen and oxygen atoms in total. The van der Waals surface area contributed by atoms with E-state index in [9.17, 15) is 9.59 Å². The summed E-state index contributed by atoms with van der Waals surface area (Å²) >= 11 is 1.20. The number of hydrogen-bond donors (Lipinski definition) is 1. The second kappa shape index (κ2) is 6.71. The van der Waals surface area contributed by atoms with Crippen LogP contribution < -0.4 is 5.32 Å². The Morgan fingerprint density at radius 2 is 2.17 bits per heavy atom. The Morgan fingerprint density at radius 3 is 2.83 bits per heavy atom. The summed E-state index contributed by atoms with van der Waals surface area (Å²) in [7, 11) is 1.69. The fourth-order valence-electron chi connectivity index (χ4n) is 2.10. The first-order chi connectivity index (χ1) is 11.5. The third-order valence-electron chi connectivity index (χ3n) is 3.22. The number of nitrogens with one attached hydrogen (secondary N) is 1. The van der Waals surface area contributed by atoms with Crippen LogP contribution in [-0.4, -0.2) is 28.9 Å². The molecule has 0 aliphatic heterocycles. The monoisotopic (exact) mass is 345 g/mol. The first kappa shape index (κ1) is 16.0. The van der Waals surface area contributed by atoms with Crippen LogP contribution in [0.1, 0.15) is 31.7 Å². The minimum Gasteiger partial charge on any atom is -0.459 e. The standard InChI is InChI=1S/C16H15N3O4S/c1-10-8-11(18-23-10)9-19(2)16(21)13-5-6-14(24-13)17-15(20)12-4-3-7-22-12/h3-8H,9H2,1-2H3,(H,17,20). The van der Waals surface area contributed by atoms with Crippen molar-refractivity contribution in [1.82, 2.24) is 10.1 Å². The summed E-state index contributed by atoms with van der Waals surface area (Å²) in [6, 6.07) is 8.36. The molecule has 3 heterocycles. The fraction of sp³-hybridized carbons (Fsp3) is 0.188. The van der Waals surface area contributed by atoms with Crippen molar-refractivity contribution in [2.75, 3.05) is 12.4 Å². The SMILES string of the molecule is Cc1cc(CN(C)C(=O)c2ccc(NC(=O)c3ccco3)s2)no1. The molecular formula is C16H15N3O4S. The molecule has 0 aromatic carbocycles. The number of nitrogens with zero attached hydrogens (tertiary/aromatic N) is 2. The van der Waals surface area contributed by atoms with Gasteiger partial charge >= 0.3 is 0 Å². The third kappa shape index (κ3) is 3.54. The number of hydrogen-bond acceptors (Lipinski definition) is 6. The van der Waals surface area contributed by atoms with Crippen LogP contribution in [0.4, 0.5) is 5.00 Å². The molecule has 24 heavy (non-hydrogen) atoms. The average molecular weight is 345 g/mol. The summed E-state index contributed by atoms with van der Waals surface area (Å²) in [5, 5.41) is 7.15. The van der Waals surface area contributed by atoms with Crippen molar-refractivity contribution in [2.45, 2.75) is 13.5 Å². The van der Waals surface area contributed by atoms with Crippen LogP contribution in [0.3, 0.4) is 0 Å². The normalized spacial score (nSPS) is 10.6. The number of carbonyl (C=O) groups excluding carboxylic acids is 2. The van der Waals surface area contributed by atoms with Crippen LogP contribution in [0.5, 0.6) is 0 Å². The molecule has 0 saturated heterocycles. The Balaban J connectivity index is 1.63. The molecule has 0 atom stereocenters. The van der Waals surface area contributed by atoms with Crippen molar-refractivity contribution in [3.05, 3.63) is 58.7 Å². The second-order valence-corrected chi connectivity index (χ2v) is 6.27. The zero-order valence-corrected chi connectivity index (χ0v) is 13.9. The minimum atomic E-state index is -0.354. The Bertz CT molecular complexity index is 850. The number of anilines is 1. The van der Waals surface area contributed by atoms with Gasteiger partial charge in [0.25, 0.3) is 11.8 Å². The molecule has 0 aliphatic carbocycles. The molecule has 1 N–H and O–H groups in total. The van der Waals surface area contributed by atoms with E-state index in [4.69, 9.17) is 8.94 Å². The highest BCUT2D eigenvalue weighted by molar-refractivity contribution is 7.18. The smallest absolute Gasteiger partial charge is 0.291 e. The highest BCUT2D eigenvalue weighted by Gasteiger charge is 2.17. The maximum atomic E-state index is 12.4. The van der Waals surface area contributed by atoms with Crippen LogP contribution in [0.25, 0.3) is 0 Å². The highest BCUT2D eigenvalue weighted by atomic mass is 32.1. The maximum absolute atomic E-state index is 12.4. The number of carbonyl (C=O) groups is 2. The van der Waals surface area contributed by atoms with Gasteiger partial charge in [0.1, 0.15) is 11.5 Å². The lowest BCUT2D eigenvalue weighted by Gasteiger charge is -2.14. The lowest BCUT2D eigenvalue weighted by atomic mass is 10.3. The molecule has 2 amide bonds. The molecule has 3 rings (SSSR count). The van der Waals surface area contributed by atoms with Crippen LogP contribution in [0, 0.1) is 6.92 Å². The zero-order chi connectivity index (χ0) is 17.1. The summed E-state index contributed by atoms with van der Waals surface area (Å²) < 4.78 is 10.0. The van der Waals surface area contributed by atoms with Gasteiger partial charge in [-0.05, 0) is 31.2 Å². The predicted octanol–water partition coefficient (Wildman–Crippen LogP) is 3.16. The Labute approximate surface area is 141 Å². The largest absolute Gasteiger partial charge is 0.459 e. The molecule has 0 bridgehead atoms. The summed E-state index contributed by atoms with van der Waals surface area (Å²) in [5.41, 5.74) is 0.686. The van der Waals surface area contributed by atoms with Gasteiger partial charge < -0.3 is 19.2 Å². The molecule has 3 aromatic heterocycles. The van der Waals surface area contributed by atoms with E-state index < -0.39 is 0 Å². The molecule has 0 aliphatic rings. The van der Waals surface area contributed by atoms with Gasteiger partial charge in [-0.3, -0.25) is 9.59 Å². The average Bonchev–Trinajstić information content (AvgIpc) is 3.28. The van der Waals surface area contributed by atoms with Crippen molar-refractivity contribution >= 4 is 28.2 Å². The molecular weight excluding hydrogens is 330 g/mol. The van der Waals surface area contributed by atoms with Crippen LogP contribution in [0.15, 0.2) is 45.5 Å². The van der Waals surface area contributed by atoms with E-state index in [0.29, 0.717) is 27.9 Å². The first-order valence-electron chi connectivity index (χ1n) is 7.15. The summed E-state index contributed by atoms with van der Waals surface area (Å²) in [4.78, 5) is 26.4. The lowest BCUT2D eigenvalue weighted by molar-refractivity contribution is 0.0786. The topological polar surface area (TPSA) is 88.6 Å². The molecule has 3 aromatic rings. The van der Waals surface area contributed by atoms with Gasteiger partial charge in [0.05, 0.1) is 22.7 Å². The lowest BCUT2D eigenvalue weighted by Crippen LogP contribution is -2.25. The van der Waals surface area contributed by atoms with E-state index in [2.05, 4.69) is 10.5 Å². The summed E-state index contributed by atoms with van der Waals surface area (Å²) in [5.74, 6) is 0.408. The fourth-order valence-corrected chi connectivity index (χ4v) is 2.99. The van der Waals surface area contributed by atoms with Gasteiger partial charge in [-0.1, -0.05) is 5.16 Å². The molecule has 124 valence electrons. The number of aromatic nitrogens is 1. The molecule has 0 radical (unpaired) electrons. The Morgan fingerprint density at radius 1 is 1.33 bits per heavy atom. The predicted molar refractivity (Wildman–Crippen MR) is 88.0 cm³/mol. The molecule has 0 saturated carbocycles. The van der Waals surface area contributed by atoms with E-state index in [-0.39, 0.29) is 17.6 Å². The Kier molecular flexibility index (Phi) is 4.48. The molecule has 8 heteroatoms. The molecule has 0 unspecified atom stereocenters. The number of aryl methyl sites for hydroxylation is 1. The third-order valence-corrected chi connectivity index (χ3v) is 4.21.